The molecule has 1 aromatic heterocycles. The molecule has 1 amide bonds. The van der Waals surface area contributed by atoms with Gasteiger partial charge in [-0.2, -0.15) is 0 Å². The Morgan fingerprint density at radius 1 is 1.03 bits per heavy atom. The topological polar surface area (TPSA) is 105 Å². The predicted molar refractivity (Wildman–Crippen MR) is 133 cm³/mol. The molecule has 0 aliphatic heterocycles. The van der Waals surface area contributed by atoms with E-state index in [4.69, 9.17) is 23.7 Å². The van der Waals surface area contributed by atoms with Crippen LogP contribution in [0.5, 0.6) is 23.0 Å². The van der Waals surface area contributed by atoms with Crippen molar-refractivity contribution in [3.8, 4) is 34.1 Å². The van der Waals surface area contributed by atoms with Crippen molar-refractivity contribution in [2.75, 3.05) is 28.4 Å². The van der Waals surface area contributed by atoms with Crippen LogP contribution in [0.4, 0.5) is 4.79 Å². The van der Waals surface area contributed by atoms with Gasteiger partial charge in [-0.1, -0.05) is 12.1 Å². The Hall–Kier alpha value is -4.27. The quantitative estimate of drug-likeness (QED) is 0.527. The molecule has 1 N–H and O–H groups in total. The number of methoxy groups -OCH3 is 4. The van der Waals surface area contributed by atoms with Crippen molar-refractivity contribution >= 4 is 6.09 Å². The van der Waals surface area contributed by atoms with Crippen molar-refractivity contribution in [3.63, 3.8) is 0 Å². The van der Waals surface area contributed by atoms with Gasteiger partial charge in [0.1, 0.15) is 6.61 Å². The summed E-state index contributed by atoms with van der Waals surface area (Å²) >= 11 is 0. The monoisotopic (exact) mass is 492 g/mol. The summed E-state index contributed by atoms with van der Waals surface area (Å²) in [5, 5.41) is 2.86. The van der Waals surface area contributed by atoms with E-state index in [1.54, 1.807) is 38.7 Å². The van der Waals surface area contributed by atoms with Crippen molar-refractivity contribution in [3.05, 3.63) is 75.7 Å². The van der Waals surface area contributed by atoms with Crippen LogP contribution in [-0.2, 0) is 17.8 Å². The summed E-state index contributed by atoms with van der Waals surface area (Å²) in [6.07, 6.45) is 3.91. The number of nitrogens with zero attached hydrogens (tertiary/aromatic N) is 1. The number of hydrogen-bond donors (Lipinski definition) is 1. The van der Waals surface area contributed by atoms with E-state index in [2.05, 4.69) is 10.3 Å². The van der Waals surface area contributed by atoms with Gasteiger partial charge in [-0.15, -0.1) is 0 Å². The number of alkyl carbamates (subject to hydrolysis) is 1. The summed E-state index contributed by atoms with van der Waals surface area (Å²) in [4.78, 5) is 29.3. The third-order valence-corrected chi connectivity index (χ3v) is 6.10. The summed E-state index contributed by atoms with van der Waals surface area (Å²) in [7, 11) is 5.85. The smallest absolute Gasteiger partial charge is 0.407 e. The number of benzene rings is 1. The molecule has 0 saturated heterocycles. The van der Waals surface area contributed by atoms with Crippen LogP contribution in [0.2, 0.25) is 0 Å². The number of hydrogen-bond acceptors (Lipinski definition) is 8. The van der Waals surface area contributed by atoms with Crippen LogP contribution < -0.4 is 29.7 Å². The van der Waals surface area contributed by atoms with Crippen LogP contribution in [0.15, 0.2) is 53.6 Å². The molecule has 1 atom stereocenters. The number of aryl methyl sites for hydroxylation is 1. The van der Waals surface area contributed by atoms with Gasteiger partial charge in [0.05, 0.1) is 34.5 Å². The highest BCUT2D eigenvalue weighted by Crippen LogP contribution is 2.50. The van der Waals surface area contributed by atoms with Gasteiger partial charge < -0.3 is 29.0 Å². The van der Waals surface area contributed by atoms with Gasteiger partial charge in [-0.25, -0.2) is 4.79 Å². The molecule has 188 valence electrons. The highest BCUT2D eigenvalue weighted by atomic mass is 16.5. The molecule has 1 heterocycles. The van der Waals surface area contributed by atoms with Crippen LogP contribution in [0.3, 0.4) is 0 Å². The number of pyridine rings is 1. The molecular weight excluding hydrogens is 464 g/mol. The molecule has 0 saturated carbocycles. The largest absolute Gasteiger partial charge is 0.493 e. The minimum atomic E-state index is -0.592. The number of carbonyl (C=O) groups is 1. The van der Waals surface area contributed by atoms with Crippen LogP contribution in [0, 0.1) is 0 Å². The Morgan fingerprint density at radius 3 is 2.50 bits per heavy atom. The molecule has 0 bridgehead atoms. The minimum Gasteiger partial charge on any atom is -0.493 e. The second-order valence-corrected chi connectivity index (χ2v) is 8.13. The summed E-state index contributed by atoms with van der Waals surface area (Å²) in [5.74, 6) is 1.58. The molecule has 2 aromatic carbocycles. The van der Waals surface area contributed by atoms with Gasteiger partial charge in [0, 0.05) is 23.5 Å². The van der Waals surface area contributed by atoms with Gasteiger partial charge in [0.15, 0.2) is 17.2 Å². The van der Waals surface area contributed by atoms with Crippen LogP contribution in [-0.4, -0.2) is 39.5 Å². The molecule has 4 rings (SSSR count). The molecule has 3 aromatic rings. The fraction of sp³-hybridized carbons (Fsp3) is 0.296. The zero-order valence-corrected chi connectivity index (χ0v) is 20.6. The van der Waals surface area contributed by atoms with Crippen molar-refractivity contribution in [2.24, 2.45) is 0 Å². The first-order valence-corrected chi connectivity index (χ1v) is 11.4. The predicted octanol–water partition coefficient (Wildman–Crippen LogP) is 4.06. The van der Waals surface area contributed by atoms with Crippen LogP contribution >= 0.6 is 0 Å². The van der Waals surface area contributed by atoms with E-state index in [9.17, 15) is 9.59 Å². The molecule has 1 aliphatic carbocycles. The molecular formula is C27H28N2O7. The Morgan fingerprint density at radius 2 is 1.83 bits per heavy atom. The number of rotatable bonds is 7. The van der Waals surface area contributed by atoms with Crippen LogP contribution in [0.25, 0.3) is 11.1 Å². The average molecular weight is 493 g/mol. The molecule has 0 fully saturated rings. The summed E-state index contributed by atoms with van der Waals surface area (Å²) in [5.41, 5.74) is 3.55. The first kappa shape index (κ1) is 24.8. The average Bonchev–Trinajstić information content (AvgIpc) is 3.15. The molecule has 9 nitrogen and oxygen atoms in total. The number of ether oxygens (including phenoxy) is 5. The van der Waals surface area contributed by atoms with Gasteiger partial charge >= 0.3 is 6.09 Å². The number of nitrogens with one attached hydrogen (secondary N) is 1. The Labute approximate surface area is 208 Å². The molecule has 1 aliphatic rings. The maximum atomic E-state index is 12.9. The Balaban J connectivity index is 1.98. The fourth-order valence-corrected chi connectivity index (χ4v) is 4.40. The van der Waals surface area contributed by atoms with Crippen molar-refractivity contribution in [1.29, 1.82) is 0 Å². The maximum Gasteiger partial charge on any atom is 0.407 e. The lowest BCUT2D eigenvalue weighted by atomic mass is 9.95. The molecule has 9 heteroatoms. The van der Waals surface area contributed by atoms with E-state index >= 15 is 0 Å². The number of amides is 1. The van der Waals surface area contributed by atoms with Gasteiger partial charge in [-0.05, 0) is 53.8 Å². The Kier molecular flexibility index (Phi) is 7.58. The third-order valence-electron chi connectivity index (χ3n) is 6.10. The van der Waals surface area contributed by atoms with Crippen molar-refractivity contribution < 1.29 is 28.5 Å². The third kappa shape index (κ3) is 4.91. The lowest BCUT2D eigenvalue weighted by Crippen LogP contribution is -2.28. The normalized spacial score (nSPS) is 13.9. The first-order chi connectivity index (χ1) is 17.5. The lowest BCUT2D eigenvalue weighted by Gasteiger charge is -2.21. The number of aromatic nitrogens is 1. The van der Waals surface area contributed by atoms with Crippen LogP contribution in [0.1, 0.15) is 29.2 Å². The van der Waals surface area contributed by atoms with E-state index in [1.807, 2.05) is 18.2 Å². The minimum absolute atomic E-state index is 0.180. The summed E-state index contributed by atoms with van der Waals surface area (Å²) in [6, 6.07) is 10.1. The second kappa shape index (κ2) is 11.0. The second-order valence-electron chi connectivity index (χ2n) is 8.13. The van der Waals surface area contributed by atoms with Gasteiger partial charge in [-0.3, -0.25) is 9.78 Å². The van der Waals surface area contributed by atoms with E-state index in [0.29, 0.717) is 41.2 Å². The molecule has 0 radical (unpaired) electrons. The molecule has 36 heavy (non-hydrogen) atoms. The summed E-state index contributed by atoms with van der Waals surface area (Å²) < 4.78 is 27.9. The number of fused-ring (bicyclic) bond motifs is 3. The van der Waals surface area contributed by atoms with E-state index in [-0.39, 0.29) is 17.8 Å². The van der Waals surface area contributed by atoms with Gasteiger partial charge in [0.2, 0.25) is 11.2 Å². The molecule has 0 spiro atoms. The van der Waals surface area contributed by atoms with Crippen molar-refractivity contribution in [2.45, 2.75) is 25.5 Å². The fourth-order valence-electron chi connectivity index (χ4n) is 4.40. The van der Waals surface area contributed by atoms with E-state index in [0.717, 1.165) is 16.7 Å². The van der Waals surface area contributed by atoms with Crippen molar-refractivity contribution in [1.82, 2.24) is 10.3 Å². The maximum absolute atomic E-state index is 12.9. The first-order valence-electron chi connectivity index (χ1n) is 11.4. The highest BCUT2D eigenvalue weighted by Gasteiger charge is 2.30. The van der Waals surface area contributed by atoms with E-state index in [1.165, 1.54) is 20.3 Å². The zero-order chi connectivity index (χ0) is 25.7. The highest BCUT2D eigenvalue weighted by molar-refractivity contribution is 5.83. The van der Waals surface area contributed by atoms with Gasteiger partial charge in [0.25, 0.3) is 0 Å². The summed E-state index contributed by atoms with van der Waals surface area (Å²) in [6.45, 7) is 0.234. The number of carbonyl (C=O) groups excluding carboxylic acids is 1. The van der Waals surface area contributed by atoms with E-state index < -0.39 is 12.1 Å². The standard InChI is InChI=1S/C27H28N2O7/c1-32-22-10-8-18-19(13-21(22)30)20(29-27(31)35-4)9-7-17-12-23(33-2)25(34-3)26(24(17)18)36-15-16-6-5-11-28-14-16/h5-6,8,10-14,20H,7,9,15H2,1-4H3,(H,29,31). The lowest BCUT2D eigenvalue weighted by molar-refractivity contribution is 0.166. The molecule has 1 unspecified atom stereocenters. The SMILES string of the molecule is COC(=O)NC1CCc2cc(OC)c(OC)c(OCc3cccnc3)c2-c2ccc(OC)c(=O)cc21. The Bertz CT molecular complexity index is 1310. The zero-order valence-electron chi connectivity index (χ0n) is 20.6.